The largest absolute Gasteiger partial charge is 0.327 e. The maximum atomic E-state index is 6.06. The molecule has 1 aliphatic carbocycles. The van der Waals surface area contributed by atoms with Gasteiger partial charge in [-0.05, 0) is 31.7 Å². The Kier molecular flexibility index (Phi) is 1.90. The Morgan fingerprint density at radius 3 is 2.82 bits per heavy atom. The van der Waals surface area contributed by atoms with Crippen LogP contribution in [-0.2, 0) is 0 Å². The lowest BCUT2D eigenvalue weighted by molar-refractivity contribution is 0.259. The van der Waals surface area contributed by atoms with E-state index in [1.54, 1.807) is 0 Å². The summed E-state index contributed by atoms with van der Waals surface area (Å²) in [7, 11) is 2.21. The first kappa shape index (κ1) is 7.56. The molecule has 64 valence electrons. The molecule has 0 aromatic heterocycles. The quantitative estimate of drug-likeness (QED) is 0.556. The van der Waals surface area contributed by atoms with E-state index < -0.39 is 0 Å². The van der Waals surface area contributed by atoms with Gasteiger partial charge in [0.2, 0.25) is 0 Å². The van der Waals surface area contributed by atoms with Crippen molar-refractivity contribution in [2.24, 2.45) is 17.6 Å². The molecule has 11 heavy (non-hydrogen) atoms. The van der Waals surface area contributed by atoms with Crippen LogP contribution in [0.5, 0.6) is 0 Å². The summed E-state index contributed by atoms with van der Waals surface area (Å²) < 4.78 is 0. The second-order valence-corrected chi connectivity index (χ2v) is 4.24. The fraction of sp³-hybridized carbons (Fsp3) is 1.00. The number of hydrogen-bond donors (Lipinski definition) is 1. The van der Waals surface area contributed by atoms with Gasteiger partial charge in [0.25, 0.3) is 0 Å². The van der Waals surface area contributed by atoms with Crippen molar-refractivity contribution < 1.29 is 0 Å². The second-order valence-electron chi connectivity index (χ2n) is 4.24. The number of hydrogen-bond acceptors (Lipinski definition) is 2. The molecule has 2 rings (SSSR count). The number of likely N-dealkylation sites (tertiary alicyclic amines) is 1. The van der Waals surface area contributed by atoms with Gasteiger partial charge >= 0.3 is 0 Å². The number of nitrogens with zero attached hydrogens (tertiary/aromatic N) is 1. The van der Waals surface area contributed by atoms with Crippen LogP contribution in [0.1, 0.15) is 19.3 Å². The summed E-state index contributed by atoms with van der Waals surface area (Å²) in [5, 5.41) is 0. The van der Waals surface area contributed by atoms with Crippen LogP contribution in [-0.4, -0.2) is 31.1 Å². The maximum absolute atomic E-state index is 6.06. The third kappa shape index (κ3) is 1.30. The normalized spacial score (nSPS) is 45.8. The highest BCUT2D eigenvalue weighted by Gasteiger charge is 2.36. The van der Waals surface area contributed by atoms with Gasteiger partial charge in [0.1, 0.15) is 0 Å². The van der Waals surface area contributed by atoms with E-state index in [-0.39, 0.29) is 0 Å². The highest BCUT2D eigenvalue weighted by molar-refractivity contribution is 4.91. The molecule has 0 radical (unpaired) electrons. The molecule has 3 atom stereocenters. The van der Waals surface area contributed by atoms with E-state index in [0.717, 1.165) is 11.8 Å². The lowest BCUT2D eigenvalue weighted by atomic mass is 9.78. The standard InChI is InChI=1S/C9H18N2/c1-11-5-7-3-2-4-9(10)8(7)6-11/h7-9H,2-6,10H2,1H3/t7-,8+,9-/m1/s1. The Morgan fingerprint density at radius 2 is 2.09 bits per heavy atom. The Bertz CT molecular complexity index is 146. The van der Waals surface area contributed by atoms with E-state index in [4.69, 9.17) is 5.73 Å². The van der Waals surface area contributed by atoms with Gasteiger partial charge in [-0.15, -0.1) is 0 Å². The van der Waals surface area contributed by atoms with Gasteiger partial charge in [-0.3, -0.25) is 0 Å². The minimum atomic E-state index is 0.499. The first-order valence-corrected chi connectivity index (χ1v) is 4.71. The molecule has 1 saturated carbocycles. The van der Waals surface area contributed by atoms with Gasteiger partial charge < -0.3 is 10.6 Å². The zero-order valence-corrected chi connectivity index (χ0v) is 7.29. The van der Waals surface area contributed by atoms with Gasteiger partial charge in [0, 0.05) is 19.1 Å². The number of nitrogens with two attached hydrogens (primary N) is 1. The van der Waals surface area contributed by atoms with Crippen molar-refractivity contribution in [1.29, 1.82) is 0 Å². The fourth-order valence-corrected chi connectivity index (χ4v) is 2.74. The van der Waals surface area contributed by atoms with Crippen LogP contribution in [0.15, 0.2) is 0 Å². The third-order valence-corrected chi connectivity index (χ3v) is 3.34. The molecule has 0 amide bonds. The molecular weight excluding hydrogens is 136 g/mol. The number of fused-ring (bicyclic) bond motifs is 1. The smallest absolute Gasteiger partial charge is 0.00825 e. The Balaban J connectivity index is 2.03. The van der Waals surface area contributed by atoms with Crippen LogP contribution in [0.3, 0.4) is 0 Å². The van der Waals surface area contributed by atoms with Crippen molar-refractivity contribution in [2.45, 2.75) is 25.3 Å². The van der Waals surface area contributed by atoms with Crippen LogP contribution in [0, 0.1) is 11.8 Å². The van der Waals surface area contributed by atoms with Crippen molar-refractivity contribution in [1.82, 2.24) is 4.90 Å². The summed E-state index contributed by atoms with van der Waals surface area (Å²) in [4.78, 5) is 2.43. The topological polar surface area (TPSA) is 29.3 Å². The molecule has 0 aromatic rings. The molecule has 0 spiro atoms. The van der Waals surface area contributed by atoms with Crippen LogP contribution >= 0.6 is 0 Å². The molecule has 1 heterocycles. The molecule has 1 saturated heterocycles. The van der Waals surface area contributed by atoms with Crippen LogP contribution < -0.4 is 5.73 Å². The van der Waals surface area contributed by atoms with Gasteiger partial charge in [-0.1, -0.05) is 6.42 Å². The summed E-state index contributed by atoms with van der Waals surface area (Å²) in [6.07, 6.45) is 4.04. The van der Waals surface area contributed by atoms with Gasteiger partial charge in [0.05, 0.1) is 0 Å². The molecule has 2 fully saturated rings. The van der Waals surface area contributed by atoms with Gasteiger partial charge in [-0.25, -0.2) is 0 Å². The van der Waals surface area contributed by atoms with Crippen molar-refractivity contribution >= 4 is 0 Å². The predicted octanol–water partition coefficient (Wildman–Crippen LogP) is 0.675. The van der Waals surface area contributed by atoms with Crippen molar-refractivity contribution in [3.8, 4) is 0 Å². The van der Waals surface area contributed by atoms with E-state index in [9.17, 15) is 0 Å². The Hall–Kier alpha value is -0.0800. The monoisotopic (exact) mass is 154 g/mol. The summed E-state index contributed by atoms with van der Waals surface area (Å²) in [6.45, 7) is 2.53. The molecular formula is C9H18N2. The maximum Gasteiger partial charge on any atom is 0.00825 e. The van der Waals surface area contributed by atoms with Gasteiger partial charge in [-0.2, -0.15) is 0 Å². The van der Waals surface area contributed by atoms with Crippen LogP contribution in [0.2, 0.25) is 0 Å². The van der Waals surface area contributed by atoms with Crippen LogP contribution in [0.25, 0.3) is 0 Å². The summed E-state index contributed by atoms with van der Waals surface area (Å²) in [6, 6.07) is 0.499. The lowest BCUT2D eigenvalue weighted by Gasteiger charge is -2.29. The van der Waals surface area contributed by atoms with E-state index in [2.05, 4.69) is 11.9 Å². The first-order valence-electron chi connectivity index (χ1n) is 4.71. The van der Waals surface area contributed by atoms with E-state index in [0.29, 0.717) is 6.04 Å². The fourth-order valence-electron chi connectivity index (χ4n) is 2.74. The molecule has 1 aliphatic heterocycles. The summed E-state index contributed by atoms with van der Waals surface area (Å²) in [5.74, 6) is 1.73. The predicted molar refractivity (Wildman–Crippen MR) is 46.3 cm³/mol. The molecule has 2 aliphatic rings. The third-order valence-electron chi connectivity index (χ3n) is 3.34. The van der Waals surface area contributed by atoms with E-state index in [1.807, 2.05) is 0 Å². The zero-order valence-electron chi connectivity index (χ0n) is 7.29. The van der Waals surface area contributed by atoms with E-state index in [1.165, 1.54) is 32.4 Å². The van der Waals surface area contributed by atoms with E-state index >= 15 is 0 Å². The van der Waals surface area contributed by atoms with Gasteiger partial charge in [0.15, 0.2) is 0 Å². The van der Waals surface area contributed by atoms with Crippen molar-refractivity contribution in [3.63, 3.8) is 0 Å². The second kappa shape index (κ2) is 2.76. The Morgan fingerprint density at radius 1 is 1.27 bits per heavy atom. The SMILES string of the molecule is CN1C[C@H]2CCC[C@@H](N)[C@H]2C1. The molecule has 0 aromatic carbocycles. The summed E-state index contributed by atoms with van der Waals surface area (Å²) >= 11 is 0. The highest BCUT2D eigenvalue weighted by atomic mass is 15.1. The van der Waals surface area contributed by atoms with Crippen molar-refractivity contribution in [2.75, 3.05) is 20.1 Å². The molecule has 2 heteroatoms. The zero-order chi connectivity index (χ0) is 7.84. The summed E-state index contributed by atoms with van der Waals surface area (Å²) in [5.41, 5.74) is 6.06. The molecule has 2 nitrogen and oxygen atoms in total. The molecule has 0 unspecified atom stereocenters. The minimum Gasteiger partial charge on any atom is -0.327 e. The average Bonchev–Trinajstić information content (AvgIpc) is 2.31. The first-order chi connectivity index (χ1) is 5.27. The molecule has 0 bridgehead atoms. The minimum absolute atomic E-state index is 0.499. The van der Waals surface area contributed by atoms with Crippen molar-refractivity contribution in [3.05, 3.63) is 0 Å². The highest BCUT2D eigenvalue weighted by Crippen LogP contribution is 2.34. The Labute approximate surface area is 68.7 Å². The number of rotatable bonds is 0. The van der Waals surface area contributed by atoms with Crippen LogP contribution in [0.4, 0.5) is 0 Å². The average molecular weight is 154 g/mol. The lowest BCUT2D eigenvalue weighted by Crippen LogP contribution is -2.38. The molecule has 2 N–H and O–H groups in total.